The third-order valence-corrected chi connectivity index (χ3v) is 4.34. The van der Waals surface area contributed by atoms with Gasteiger partial charge in [-0.05, 0) is 24.1 Å². The number of carbonyl (C=O) groups is 1. The van der Waals surface area contributed by atoms with Gasteiger partial charge in [0.2, 0.25) is 10.1 Å². The van der Waals surface area contributed by atoms with Crippen LogP contribution < -0.4 is 21.9 Å². The number of anilines is 2. The molecule has 3 rings (SSSR count). The fraction of sp³-hybridized carbons (Fsp3) is 0.250. The molecule has 0 radical (unpaired) electrons. The highest BCUT2D eigenvalue weighted by molar-refractivity contribution is 7.20. The normalized spacial score (nSPS) is 10.8. The van der Waals surface area contributed by atoms with Crippen molar-refractivity contribution in [2.24, 2.45) is 5.73 Å². The molecule has 2 heterocycles. The number of hydrogen-bond donors (Lipinski definition) is 3. The average Bonchev–Trinajstić information content (AvgIpc) is 2.98. The molecular formula is C16H18N6O2S. The van der Waals surface area contributed by atoms with Crippen molar-refractivity contribution in [1.82, 2.24) is 14.6 Å². The first kappa shape index (κ1) is 16.9. The molecule has 0 fully saturated rings. The Morgan fingerprint density at radius 2 is 2.08 bits per heavy atom. The molecule has 0 spiro atoms. The van der Waals surface area contributed by atoms with Gasteiger partial charge >= 0.3 is 6.03 Å². The second-order valence-electron chi connectivity index (χ2n) is 5.48. The summed E-state index contributed by atoms with van der Waals surface area (Å²) in [6.07, 6.45) is 1.71. The number of nitrogens with zero attached hydrogens (tertiary/aromatic N) is 3. The van der Waals surface area contributed by atoms with E-state index in [0.29, 0.717) is 22.3 Å². The molecule has 2 amide bonds. The van der Waals surface area contributed by atoms with Gasteiger partial charge < -0.3 is 16.4 Å². The number of aryl methyl sites for hydroxylation is 1. The summed E-state index contributed by atoms with van der Waals surface area (Å²) < 4.78 is 1.31. The smallest absolute Gasteiger partial charge is 0.316 e. The monoisotopic (exact) mass is 358 g/mol. The number of primary amides is 1. The third-order valence-electron chi connectivity index (χ3n) is 3.47. The van der Waals surface area contributed by atoms with E-state index in [2.05, 4.69) is 20.7 Å². The molecule has 2 aromatic heterocycles. The molecule has 0 aliphatic carbocycles. The van der Waals surface area contributed by atoms with Gasteiger partial charge in [0.1, 0.15) is 0 Å². The molecule has 0 aliphatic heterocycles. The van der Waals surface area contributed by atoms with Crippen molar-refractivity contribution in [3.05, 3.63) is 51.9 Å². The van der Waals surface area contributed by atoms with Crippen molar-refractivity contribution in [1.29, 1.82) is 0 Å². The highest BCUT2D eigenvalue weighted by Crippen LogP contribution is 2.18. The topological polar surface area (TPSA) is 114 Å². The number of carbonyl (C=O) groups excluding carboxylic acids is 1. The van der Waals surface area contributed by atoms with Gasteiger partial charge in [-0.2, -0.15) is 4.52 Å². The number of urea groups is 1. The minimum atomic E-state index is -0.597. The Labute approximate surface area is 147 Å². The van der Waals surface area contributed by atoms with E-state index < -0.39 is 6.03 Å². The number of hydrogen-bond acceptors (Lipinski definition) is 6. The number of amides is 2. The highest BCUT2D eigenvalue weighted by Gasteiger charge is 2.08. The Morgan fingerprint density at radius 3 is 2.76 bits per heavy atom. The predicted molar refractivity (Wildman–Crippen MR) is 98.1 cm³/mol. The summed E-state index contributed by atoms with van der Waals surface area (Å²) in [6, 6.07) is 8.21. The van der Waals surface area contributed by atoms with Crippen LogP contribution in [0.4, 0.5) is 15.6 Å². The molecule has 25 heavy (non-hydrogen) atoms. The molecule has 0 unspecified atom stereocenters. The van der Waals surface area contributed by atoms with Crippen molar-refractivity contribution >= 4 is 33.1 Å². The number of nitrogens with one attached hydrogen (secondary N) is 2. The highest BCUT2D eigenvalue weighted by atomic mass is 32.1. The van der Waals surface area contributed by atoms with Gasteiger partial charge in [0, 0.05) is 24.0 Å². The van der Waals surface area contributed by atoms with Crippen molar-refractivity contribution < 1.29 is 4.79 Å². The van der Waals surface area contributed by atoms with Crippen LogP contribution in [-0.4, -0.2) is 20.6 Å². The van der Waals surface area contributed by atoms with E-state index in [1.54, 1.807) is 12.1 Å². The molecule has 0 aliphatic rings. The summed E-state index contributed by atoms with van der Waals surface area (Å²) in [5.41, 5.74) is 7.33. The molecule has 1 aromatic carbocycles. The average molecular weight is 358 g/mol. The summed E-state index contributed by atoms with van der Waals surface area (Å²) in [4.78, 5) is 27.9. The molecule has 130 valence electrons. The van der Waals surface area contributed by atoms with E-state index in [-0.39, 0.29) is 5.56 Å². The molecule has 0 bridgehead atoms. The van der Waals surface area contributed by atoms with Crippen LogP contribution in [0.25, 0.3) is 4.96 Å². The van der Waals surface area contributed by atoms with Crippen LogP contribution in [0.1, 0.15) is 24.6 Å². The summed E-state index contributed by atoms with van der Waals surface area (Å²) in [5.74, 6) is 0. The van der Waals surface area contributed by atoms with Crippen molar-refractivity contribution in [2.75, 3.05) is 10.6 Å². The second-order valence-corrected chi connectivity index (χ2v) is 6.43. The van der Waals surface area contributed by atoms with Crippen LogP contribution >= 0.6 is 11.3 Å². The Bertz CT molecular complexity index is 947. The van der Waals surface area contributed by atoms with Gasteiger partial charge in [-0.25, -0.2) is 9.78 Å². The Hall–Kier alpha value is -2.94. The number of aromatic nitrogens is 3. The van der Waals surface area contributed by atoms with Gasteiger partial charge in [-0.1, -0.05) is 36.8 Å². The lowest BCUT2D eigenvalue weighted by molar-refractivity contribution is 0.259. The molecule has 4 N–H and O–H groups in total. The zero-order chi connectivity index (χ0) is 17.8. The minimum Gasteiger partial charge on any atom is -0.356 e. The predicted octanol–water partition coefficient (Wildman–Crippen LogP) is 2.21. The van der Waals surface area contributed by atoms with E-state index in [0.717, 1.165) is 24.1 Å². The maximum absolute atomic E-state index is 12.1. The van der Waals surface area contributed by atoms with Crippen molar-refractivity contribution in [3.63, 3.8) is 0 Å². The summed E-state index contributed by atoms with van der Waals surface area (Å²) in [5, 5.41) is 10.6. The SMILES string of the molecule is CCCc1cc(=O)n2nc(NCc3ccc(NC(N)=O)cc3)sc2n1. The molecule has 0 saturated carbocycles. The van der Waals surface area contributed by atoms with Crippen LogP contribution in [0.2, 0.25) is 0 Å². The van der Waals surface area contributed by atoms with Gasteiger partial charge in [0.25, 0.3) is 5.56 Å². The van der Waals surface area contributed by atoms with E-state index in [1.807, 2.05) is 19.1 Å². The zero-order valence-electron chi connectivity index (χ0n) is 13.7. The van der Waals surface area contributed by atoms with Gasteiger partial charge in [-0.3, -0.25) is 4.79 Å². The van der Waals surface area contributed by atoms with E-state index >= 15 is 0 Å². The maximum Gasteiger partial charge on any atom is 0.316 e. The lowest BCUT2D eigenvalue weighted by Crippen LogP contribution is -2.19. The van der Waals surface area contributed by atoms with Crippen LogP contribution in [0, 0.1) is 0 Å². The van der Waals surface area contributed by atoms with Crippen LogP contribution in [0.3, 0.4) is 0 Å². The number of fused-ring (bicyclic) bond motifs is 1. The third kappa shape index (κ3) is 4.13. The largest absolute Gasteiger partial charge is 0.356 e. The Morgan fingerprint density at radius 1 is 1.32 bits per heavy atom. The van der Waals surface area contributed by atoms with Gasteiger partial charge in [0.15, 0.2) is 0 Å². The number of nitrogens with two attached hydrogens (primary N) is 1. The first-order valence-electron chi connectivity index (χ1n) is 7.84. The van der Waals surface area contributed by atoms with Crippen molar-refractivity contribution in [3.8, 4) is 0 Å². The van der Waals surface area contributed by atoms with Gasteiger partial charge in [0.05, 0.1) is 0 Å². The van der Waals surface area contributed by atoms with Crippen LogP contribution in [0.15, 0.2) is 35.1 Å². The fourth-order valence-corrected chi connectivity index (χ4v) is 3.16. The number of rotatable bonds is 6. The van der Waals surface area contributed by atoms with Crippen LogP contribution in [-0.2, 0) is 13.0 Å². The summed E-state index contributed by atoms with van der Waals surface area (Å²) in [6.45, 7) is 2.58. The van der Waals surface area contributed by atoms with Crippen LogP contribution in [0.5, 0.6) is 0 Å². The zero-order valence-corrected chi connectivity index (χ0v) is 14.5. The quantitative estimate of drug-likeness (QED) is 0.625. The summed E-state index contributed by atoms with van der Waals surface area (Å²) in [7, 11) is 0. The molecule has 8 nitrogen and oxygen atoms in total. The van der Waals surface area contributed by atoms with E-state index in [4.69, 9.17) is 5.73 Å². The van der Waals surface area contributed by atoms with E-state index in [9.17, 15) is 9.59 Å². The minimum absolute atomic E-state index is 0.167. The lowest BCUT2D eigenvalue weighted by Gasteiger charge is -2.05. The van der Waals surface area contributed by atoms with Crippen molar-refractivity contribution in [2.45, 2.75) is 26.3 Å². The first-order valence-corrected chi connectivity index (χ1v) is 8.66. The molecular weight excluding hydrogens is 340 g/mol. The molecule has 0 saturated heterocycles. The lowest BCUT2D eigenvalue weighted by atomic mass is 10.2. The maximum atomic E-state index is 12.1. The summed E-state index contributed by atoms with van der Waals surface area (Å²) >= 11 is 1.34. The Kier molecular flexibility index (Phi) is 4.94. The molecule has 3 aromatic rings. The molecule has 0 atom stereocenters. The number of benzene rings is 1. The van der Waals surface area contributed by atoms with Gasteiger partial charge in [-0.15, -0.1) is 5.10 Å². The standard InChI is InChI=1S/C16H18N6O2S/c1-2-3-12-8-13(23)22-16(20-12)25-15(21-22)18-9-10-4-6-11(7-5-10)19-14(17)24/h4-8H,2-3,9H2,1H3,(H,18,21)(H3,17,19,24). The fourth-order valence-electron chi connectivity index (χ4n) is 2.34. The first-order chi connectivity index (χ1) is 12.0. The van der Waals surface area contributed by atoms with E-state index in [1.165, 1.54) is 21.9 Å². The second kappa shape index (κ2) is 7.31. The molecule has 9 heteroatoms. The Balaban J connectivity index is 1.71.